The zero-order chi connectivity index (χ0) is 16.9. The van der Waals surface area contributed by atoms with Crippen molar-refractivity contribution >= 4 is 11.8 Å². The van der Waals surface area contributed by atoms with Gasteiger partial charge in [0, 0.05) is 50.7 Å². The number of nitrogens with zero attached hydrogens (tertiary/aromatic N) is 3. The molecule has 8 heteroatoms. The van der Waals surface area contributed by atoms with Crippen LogP contribution in [0.2, 0.25) is 0 Å². The zero-order valence-electron chi connectivity index (χ0n) is 13.6. The summed E-state index contributed by atoms with van der Waals surface area (Å²) in [6.45, 7) is 1.76. The lowest BCUT2D eigenvalue weighted by atomic mass is 10.1. The Morgan fingerprint density at radius 3 is 3.17 bits per heavy atom. The molecule has 0 saturated carbocycles. The molecular weight excluding hydrogens is 310 g/mol. The number of nitrogens with one attached hydrogen (secondary N) is 2. The minimum Gasteiger partial charge on any atom is -0.472 e. The third kappa shape index (κ3) is 3.76. The highest BCUT2D eigenvalue weighted by Gasteiger charge is 2.24. The molecule has 0 radical (unpaired) electrons. The Morgan fingerprint density at radius 2 is 2.38 bits per heavy atom. The fourth-order valence-electron chi connectivity index (χ4n) is 2.80. The Hall–Kier alpha value is -2.77. The van der Waals surface area contributed by atoms with Crippen LogP contribution < -0.4 is 21.1 Å². The Labute approximate surface area is 139 Å². The smallest absolute Gasteiger partial charge is 0.315 e. The van der Waals surface area contributed by atoms with E-state index in [0.717, 1.165) is 24.9 Å². The molecule has 2 amide bonds. The van der Waals surface area contributed by atoms with Gasteiger partial charge in [0.25, 0.3) is 5.56 Å². The second-order valence-electron chi connectivity index (χ2n) is 5.91. The number of rotatable bonds is 4. The standard InChI is InChI=1S/C16H21N5O3/c1-20-7-5-17-14(15(20)22)21-6-2-3-13(10-21)19-16(23)18-9-12-4-8-24-11-12/h4-5,7-8,11,13H,2-3,6,9-10H2,1H3,(H2,18,19,23)/t13-/m1/s1. The molecule has 3 rings (SSSR count). The fourth-order valence-corrected chi connectivity index (χ4v) is 2.80. The summed E-state index contributed by atoms with van der Waals surface area (Å²) in [6.07, 6.45) is 8.19. The lowest BCUT2D eigenvalue weighted by Gasteiger charge is -2.33. The molecule has 3 heterocycles. The summed E-state index contributed by atoms with van der Waals surface area (Å²) >= 11 is 0. The predicted molar refractivity (Wildman–Crippen MR) is 88.8 cm³/mol. The third-order valence-corrected chi connectivity index (χ3v) is 4.09. The summed E-state index contributed by atoms with van der Waals surface area (Å²) in [4.78, 5) is 30.3. The molecule has 1 fully saturated rings. The predicted octanol–water partition coefficient (Wildman–Crippen LogP) is 0.841. The molecule has 2 aromatic heterocycles. The van der Waals surface area contributed by atoms with Crippen molar-refractivity contribution < 1.29 is 9.21 Å². The summed E-state index contributed by atoms with van der Waals surface area (Å²) in [7, 11) is 1.70. The van der Waals surface area contributed by atoms with Gasteiger partial charge in [-0.1, -0.05) is 0 Å². The van der Waals surface area contributed by atoms with Crippen molar-refractivity contribution in [2.45, 2.75) is 25.4 Å². The molecule has 2 aromatic rings. The highest BCUT2D eigenvalue weighted by molar-refractivity contribution is 5.74. The average molecular weight is 331 g/mol. The highest BCUT2D eigenvalue weighted by atomic mass is 16.3. The van der Waals surface area contributed by atoms with Gasteiger partial charge < -0.3 is 24.5 Å². The number of carbonyl (C=O) groups is 1. The molecule has 1 aliphatic rings. The number of piperidine rings is 1. The maximum absolute atomic E-state index is 12.2. The molecule has 0 unspecified atom stereocenters. The van der Waals surface area contributed by atoms with E-state index in [1.165, 1.54) is 4.57 Å². The first-order chi connectivity index (χ1) is 11.6. The molecule has 0 aromatic carbocycles. The van der Waals surface area contributed by atoms with Crippen LogP contribution in [0, 0.1) is 0 Å². The van der Waals surface area contributed by atoms with Crippen LogP contribution in [0.1, 0.15) is 18.4 Å². The van der Waals surface area contributed by atoms with Crippen LogP contribution >= 0.6 is 0 Å². The monoisotopic (exact) mass is 331 g/mol. The molecule has 0 bridgehead atoms. The Bertz CT molecular complexity index is 740. The molecule has 1 atom stereocenters. The van der Waals surface area contributed by atoms with E-state index in [1.54, 1.807) is 38.0 Å². The van der Waals surface area contributed by atoms with Crippen LogP contribution in [0.4, 0.5) is 10.6 Å². The van der Waals surface area contributed by atoms with E-state index in [0.29, 0.717) is 18.9 Å². The van der Waals surface area contributed by atoms with Gasteiger partial charge in [-0.25, -0.2) is 9.78 Å². The first kappa shape index (κ1) is 16.1. The second kappa shape index (κ2) is 7.20. The van der Waals surface area contributed by atoms with Crippen molar-refractivity contribution in [1.82, 2.24) is 20.2 Å². The molecule has 8 nitrogen and oxygen atoms in total. The van der Waals surface area contributed by atoms with Gasteiger partial charge in [-0.05, 0) is 18.9 Å². The molecule has 2 N–H and O–H groups in total. The lowest BCUT2D eigenvalue weighted by Crippen LogP contribution is -2.51. The first-order valence-electron chi connectivity index (χ1n) is 7.95. The van der Waals surface area contributed by atoms with Gasteiger partial charge in [0.1, 0.15) is 0 Å². The quantitative estimate of drug-likeness (QED) is 0.866. The van der Waals surface area contributed by atoms with Crippen LogP contribution in [0.3, 0.4) is 0 Å². The van der Waals surface area contributed by atoms with Gasteiger partial charge in [-0.15, -0.1) is 0 Å². The second-order valence-corrected chi connectivity index (χ2v) is 5.91. The summed E-state index contributed by atoms with van der Waals surface area (Å²) in [5, 5.41) is 5.75. The van der Waals surface area contributed by atoms with Crippen molar-refractivity contribution in [3.8, 4) is 0 Å². The molecule has 0 spiro atoms. The van der Waals surface area contributed by atoms with Gasteiger partial charge in [0.2, 0.25) is 0 Å². The number of urea groups is 1. The van der Waals surface area contributed by atoms with Crippen molar-refractivity contribution in [2.24, 2.45) is 7.05 Å². The summed E-state index contributed by atoms with van der Waals surface area (Å²) < 4.78 is 6.47. The van der Waals surface area contributed by atoms with Gasteiger partial charge >= 0.3 is 6.03 Å². The van der Waals surface area contributed by atoms with E-state index in [4.69, 9.17) is 4.42 Å². The van der Waals surface area contributed by atoms with E-state index in [1.807, 2.05) is 4.90 Å². The Balaban J connectivity index is 1.56. The third-order valence-electron chi connectivity index (χ3n) is 4.09. The minimum absolute atomic E-state index is 0.0187. The number of hydrogen-bond acceptors (Lipinski definition) is 5. The van der Waals surface area contributed by atoms with Gasteiger partial charge in [0.05, 0.1) is 12.5 Å². The maximum atomic E-state index is 12.2. The Kier molecular flexibility index (Phi) is 4.83. The highest BCUT2D eigenvalue weighted by Crippen LogP contribution is 2.14. The van der Waals surface area contributed by atoms with E-state index in [2.05, 4.69) is 15.6 Å². The number of hydrogen-bond donors (Lipinski definition) is 2. The van der Waals surface area contributed by atoms with Crippen molar-refractivity contribution in [3.05, 3.63) is 46.9 Å². The number of carbonyl (C=O) groups excluding carboxylic acids is 1. The maximum Gasteiger partial charge on any atom is 0.315 e. The zero-order valence-corrected chi connectivity index (χ0v) is 13.6. The van der Waals surface area contributed by atoms with Gasteiger partial charge in [0.15, 0.2) is 5.82 Å². The SMILES string of the molecule is Cn1ccnc(N2CCC[C@@H](NC(=O)NCc3ccoc3)C2)c1=O. The molecular formula is C16H21N5O3. The fraction of sp³-hybridized carbons (Fsp3) is 0.438. The number of anilines is 1. The molecule has 1 aliphatic heterocycles. The molecule has 1 saturated heterocycles. The van der Waals surface area contributed by atoms with E-state index in [-0.39, 0.29) is 17.6 Å². The molecule has 128 valence electrons. The Morgan fingerprint density at radius 1 is 1.50 bits per heavy atom. The lowest BCUT2D eigenvalue weighted by molar-refractivity contribution is 0.234. The number of amides is 2. The number of furan rings is 1. The van der Waals surface area contributed by atoms with Crippen molar-refractivity contribution in [2.75, 3.05) is 18.0 Å². The summed E-state index contributed by atoms with van der Waals surface area (Å²) in [5.41, 5.74) is 0.787. The number of aryl methyl sites for hydroxylation is 1. The van der Waals surface area contributed by atoms with Crippen LogP contribution in [-0.2, 0) is 13.6 Å². The largest absolute Gasteiger partial charge is 0.472 e. The number of aromatic nitrogens is 2. The normalized spacial score (nSPS) is 17.5. The van der Waals surface area contributed by atoms with E-state index < -0.39 is 0 Å². The molecule has 0 aliphatic carbocycles. The van der Waals surface area contributed by atoms with Gasteiger partial charge in [-0.2, -0.15) is 0 Å². The van der Waals surface area contributed by atoms with E-state index >= 15 is 0 Å². The van der Waals surface area contributed by atoms with E-state index in [9.17, 15) is 9.59 Å². The summed E-state index contributed by atoms with van der Waals surface area (Å²) in [6, 6.07) is 1.56. The van der Waals surface area contributed by atoms with Crippen LogP contribution in [0.5, 0.6) is 0 Å². The minimum atomic E-state index is -0.225. The average Bonchev–Trinajstić information content (AvgIpc) is 3.09. The van der Waals surface area contributed by atoms with Crippen molar-refractivity contribution in [1.29, 1.82) is 0 Å². The van der Waals surface area contributed by atoms with Crippen LogP contribution in [0.25, 0.3) is 0 Å². The van der Waals surface area contributed by atoms with Crippen LogP contribution in [-0.4, -0.2) is 34.7 Å². The first-order valence-corrected chi connectivity index (χ1v) is 7.95. The van der Waals surface area contributed by atoms with Gasteiger partial charge in [-0.3, -0.25) is 4.79 Å². The van der Waals surface area contributed by atoms with Crippen LogP contribution in [0.15, 0.2) is 40.2 Å². The summed E-state index contributed by atoms with van der Waals surface area (Å²) in [5.74, 6) is 0.435. The topological polar surface area (TPSA) is 92.4 Å². The van der Waals surface area contributed by atoms with Crippen molar-refractivity contribution in [3.63, 3.8) is 0 Å². The molecule has 24 heavy (non-hydrogen) atoms.